The molecule has 1 aromatic rings. The van der Waals surface area contributed by atoms with Crippen LogP contribution in [0.15, 0.2) is 12.3 Å². The van der Waals surface area contributed by atoms with Gasteiger partial charge >= 0.3 is 0 Å². The van der Waals surface area contributed by atoms with E-state index in [0.29, 0.717) is 12.1 Å². The second-order valence-corrected chi connectivity index (χ2v) is 5.01. The number of rotatable bonds is 2. The fourth-order valence-electron chi connectivity index (χ4n) is 2.31. The van der Waals surface area contributed by atoms with E-state index in [2.05, 4.69) is 4.98 Å². The standard InChI is InChI=1S/C12H16ClN3O2/c1-7-2-3-16(10(7)6-17)12(18)8-4-11(14)15-5-9(8)13/h4-5,7,10,17H,2-3,6H2,1H3,(H2,14,15). The van der Waals surface area contributed by atoms with Crippen LogP contribution in [0.3, 0.4) is 0 Å². The predicted octanol–water partition coefficient (Wildman–Crippen LogP) is 1.16. The zero-order chi connectivity index (χ0) is 13.3. The number of aliphatic hydroxyl groups excluding tert-OH is 1. The van der Waals surface area contributed by atoms with Crippen LogP contribution < -0.4 is 5.73 Å². The number of carbonyl (C=O) groups excluding carboxylic acids is 1. The number of amides is 1. The molecule has 0 bridgehead atoms. The minimum absolute atomic E-state index is 0.0366. The maximum Gasteiger partial charge on any atom is 0.255 e. The van der Waals surface area contributed by atoms with Crippen LogP contribution in [0.1, 0.15) is 23.7 Å². The number of nitrogens with zero attached hydrogens (tertiary/aromatic N) is 2. The van der Waals surface area contributed by atoms with Gasteiger partial charge in [0, 0.05) is 12.7 Å². The molecule has 5 nitrogen and oxygen atoms in total. The number of pyridine rings is 1. The van der Waals surface area contributed by atoms with Crippen molar-refractivity contribution in [3.63, 3.8) is 0 Å². The van der Waals surface area contributed by atoms with Crippen molar-refractivity contribution in [3.8, 4) is 0 Å². The Labute approximate surface area is 111 Å². The lowest BCUT2D eigenvalue weighted by atomic mass is 10.0. The third-order valence-corrected chi connectivity index (χ3v) is 3.74. The number of halogens is 1. The first kappa shape index (κ1) is 13.1. The third-order valence-electron chi connectivity index (χ3n) is 3.44. The zero-order valence-electron chi connectivity index (χ0n) is 10.1. The largest absolute Gasteiger partial charge is 0.394 e. The van der Waals surface area contributed by atoms with E-state index in [4.69, 9.17) is 17.3 Å². The van der Waals surface area contributed by atoms with Crippen LogP contribution >= 0.6 is 11.6 Å². The molecular weight excluding hydrogens is 254 g/mol. The number of hydrogen-bond acceptors (Lipinski definition) is 4. The molecule has 3 N–H and O–H groups in total. The molecule has 0 radical (unpaired) electrons. The van der Waals surface area contributed by atoms with Crippen molar-refractivity contribution in [3.05, 3.63) is 22.8 Å². The molecule has 0 saturated carbocycles. The SMILES string of the molecule is CC1CCN(C(=O)c2cc(N)ncc2Cl)C1CO. The number of nitrogen functional groups attached to an aromatic ring is 1. The summed E-state index contributed by atoms with van der Waals surface area (Å²) in [6.45, 7) is 2.62. The number of aromatic nitrogens is 1. The molecule has 0 aliphatic carbocycles. The van der Waals surface area contributed by atoms with Gasteiger partial charge in [-0.3, -0.25) is 4.79 Å². The summed E-state index contributed by atoms with van der Waals surface area (Å²) in [5, 5.41) is 9.65. The smallest absolute Gasteiger partial charge is 0.255 e. The lowest BCUT2D eigenvalue weighted by Crippen LogP contribution is -2.40. The highest BCUT2D eigenvalue weighted by Crippen LogP contribution is 2.27. The van der Waals surface area contributed by atoms with Crippen molar-refractivity contribution in [1.29, 1.82) is 0 Å². The quantitative estimate of drug-likeness (QED) is 0.844. The lowest BCUT2D eigenvalue weighted by Gasteiger charge is -2.25. The van der Waals surface area contributed by atoms with Crippen molar-refractivity contribution >= 4 is 23.3 Å². The normalized spacial score (nSPS) is 23.4. The summed E-state index contributed by atoms with van der Waals surface area (Å²) in [7, 11) is 0. The molecule has 1 saturated heterocycles. The highest BCUT2D eigenvalue weighted by atomic mass is 35.5. The lowest BCUT2D eigenvalue weighted by molar-refractivity contribution is 0.0648. The molecule has 1 fully saturated rings. The van der Waals surface area contributed by atoms with Gasteiger partial charge in [0.1, 0.15) is 5.82 Å². The summed E-state index contributed by atoms with van der Waals surface area (Å²) in [4.78, 5) is 17.9. The molecule has 0 aromatic carbocycles. The van der Waals surface area contributed by atoms with E-state index >= 15 is 0 Å². The van der Waals surface area contributed by atoms with E-state index in [1.165, 1.54) is 12.3 Å². The van der Waals surface area contributed by atoms with E-state index in [0.717, 1.165) is 6.42 Å². The molecule has 2 unspecified atom stereocenters. The van der Waals surface area contributed by atoms with Gasteiger partial charge < -0.3 is 15.7 Å². The van der Waals surface area contributed by atoms with Gasteiger partial charge in [0.2, 0.25) is 0 Å². The molecule has 1 amide bonds. The predicted molar refractivity (Wildman–Crippen MR) is 69.4 cm³/mol. The van der Waals surface area contributed by atoms with Crippen LogP contribution in [-0.2, 0) is 0 Å². The molecule has 98 valence electrons. The average Bonchev–Trinajstić information content (AvgIpc) is 2.72. The van der Waals surface area contributed by atoms with Crippen LogP contribution in [-0.4, -0.2) is 40.1 Å². The Bertz CT molecular complexity index is 467. The minimum atomic E-state index is -0.197. The summed E-state index contributed by atoms with van der Waals surface area (Å²) in [6.07, 6.45) is 2.26. The molecule has 1 aromatic heterocycles. The minimum Gasteiger partial charge on any atom is -0.394 e. The molecule has 1 aliphatic heterocycles. The molecule has 6 heteroatoms. The van der Waals surface area contributed by atoms with Gasteiger partial charge in [-0.1, -0.05) is 18.5 Å². The molecular formula is C12H16ClN3O2. The second kappa shape index (κ2) is 5.12. The van der Waals surface area contributed by atoms with Gasteiger partial charge in [0.15, 0.2) is 0 Å². The van der Waals surface area contributed by atoms with Gasteiger partial charge in [-0.15, -0.1) is 0 Å². The molecule has 1 aliphatic rings. The molecule has 18 heavy (non-hydrogen) atoms. The highest BCUT2D eigenvalue weighted by Gasteiger charge is 2.34. The zero-order valence-corrected chi connectivity index (χ0v) is 10.9. The Morgan fingerprint density at radius 1 is 1.72 bits per heavy atom. The fourth-order valence-corrected chi connectivity index (χ4v) is 2.50. The number of anilines is 1. The maximum absolute atomic E-state index is 12.4. The number of aliphatic hydroxyl groups is 1. The molecule has 2 heterocycles. The van der Waals surface area contributed by atoms with E-state index in [9.17, 15) is 9.90 Å². The maximum atomic E-state index is 12.4. The summed E-state index contributed by atoms with van der Waals surface area (Å²) < 4.78 is 0. The van der Waals surface area contributed by atoms with Crippen LogP contribution in [0, 0.1) is 5.92 Å². The van der Waals surface area contributed by atoms with Gasteiger partial charge in [-0.05, 0) is 18.4 Å². The Morgan fingerprint density at radius 2 is 2.44 bits per heavy atom. The van der Waals surface area contributed by atoms with Gasteiger partial charge in [-0.25, -0.2) is 4.98 Å². The van der Waals surface area contributed by atoms with Gasteiger partial charge in [-0.2, -0.15) is 0 Å². The fraction of sp³-hybridized carbons (Fsp3) is 0.500. The summed E-state index contributed by atoms with van der Waals surface area (Å²) in [5.74, 6) is 0.352. The number of hydrogen-bond donors (Lipinski definition) is 2. The first-order valence-electron chi connectivity index (χ1n) is 5.87. The monoisotopic (exact) mass is 269 g/mol. The van der Waals surface area contributed by atoms with Gasteiger partial charge in [0.05, 0.1) is 23.2 Å². The van der Waals surface area contributed by atoms with Crippen molar-refractivity contribution in [1.82, 2.24) is 9.88 Å². The van der Waals surface area contributed by atoms with Crippen molar-refractivity contribution in [2.75, 3.05) is 18.9 Å². The first-order chi connectivity index (χ1) is 8.54. The van der Waals surface area contributed by atoms with Crippen LogP contribution in [0.5, 0.6) is 0 Å². The van der Waals surface area contributed by atoms with Crippen molar-refractivity contribution in [2.45, 2.75) is 19.4 Å². The van der Waals surface area contributed by atoms with E-state index in [-0.39, 0.29) is 35.3 Å². The van der Waals surface area contributed by atoms with E-state index < -0.39 is 0 Å². The Hall–Kier alpha value is -1.33. The first-order valence-corrected chi connectivity index (χ1v) is 6.25. The van der Waals surface area contributed by atoms with Crippen LogP contribution in [0.25, 0.3) is 0 Å². The molecule has 2 atom stereocenters. The topological polar surface area (TPSA) is 79.5 Å². The van der Waals surface area contributed by atoms with Crippen LogP contribution in [0.4, 0.5) is 5.82 Å². The van der Waals surface area contributed by atoms with E-state index in [1.807, 2.05) is 6.92 Å². The Morgan fingerprint density at radius 3 is 3.11 bits per heavy atom. The summed E-state index contributed by atoms with van der Waals surface area (Å²) in [5.41, 5.74) is 5.91. The number of nitrogens with two attached hydrogens (primary N) is 1. The van der Waals surface area contributed by atoms with Crippen molar-refractivity contribution in [2.24, 2.45) is 5.92 Å². The summed E-state index contributed by atoms with van der Waals surface area (Å²) >= 11 is 5.97. The number of carbonyl (C=O) groups is 1. The Balaban J connectivity index is 2.28. The second-order valence-electron chi connectivity index (χ2n) is 4.60. The molecule has 2 rings (SSSR count). The average molecular weight is 270 g/mol. The third kappa shape index (κ3) is 2.28. The van der Waals surface area contributed by atoms with Crippen molar-refractivity contribution < 1.29 is 9.90 Å². The van der Waals surface area contributed by atoms with Crippen LogP contribution in [0.2, 0.25) is 5.02 Å². The number of likely N-dealkylation sites (tertiary alicyclic amines) is 1. The highest BCUT2D eigenvalue weighted by molar-refractivity contribution is 6.33. The molecule has 0 spiro atoms. The Kier molecular flexibility index (Phi) is 3.73. The van der Waals surface area contributed by atoms with E-state index in [1.54, 1.807) is 4.90 Å². The summed E-state index contributed by atoms with van der Waals surface area (Å²) in [6, 6.07) is 1.32. The van der Waals surface area contributed by atoms with Gasteiger partial charge in [0.25, 0.3) is 5.91 Å².